The summed E-state index contributed by atoms with van der Waals surface area (Å²) in [5, 5.41) is 3.23. The summed E-state index contributed by atoms with van der Waals surface area (Å²) in [7, 11) is -3.25. The molecule has 1 N–H and O–H groups in total. The normalized spacial score (nSPS) is 20.2. The van der Waals surface area contributed by atoms with E-state index in [1.54, 1.807) is 25.1 Å². The molecule has 0 unspecified atom stereocenters. The van der Waals surface area contributed by atoms with E-state index in [1.165, 1.54) is 0 Å². The smallest absolute Gasteiger partial charge is 0.234 e. The van der Waals surface area contributed by atoms with Gasteiger partial charge in [0.2, 0.25) is 11.9 Å². The SMILES string of the molecule is CCS(=O)(=O)c1ccc(Nc2ncc3c(n2)N(C2CCCC2)C(=O)C2(CC2)C3)c(C)c1. The first-order chi connectivity index (χ1) is 14.8. The average Bonchev–Trinajstić information content (AvgIpc) is 3.32. The van der Waals surface area contributed by atoms with Crippen molar-refractivity contribution in [2.24, 2.45) is 5.41 Å². The van der Waals surface area contributed by atoms with Crippen molar-refractivity contribution in [3.63, 3.8) is 0 Å². The molecule has 2 aromatic rings. The number of rotatable bonds is 5. The minimum atomic E-state index is -3.25. The highest BCUT2D eigenvalue weighted by atomic mass is 32.2. The molecule has 3 aliphatic rings. The average molecular weight is 441 g/mol. The van der Waals surface area contributed by atoms with Gasteiger partial charge in [-0.1, -0.05) is 19.8 Å². The van der Waals surface area contributed by atoms with Crippen molar-refractivity contribution in [2.45, 2.75) is 69.7 Å². The lowest BCUT2D eigenvalue weighted by Crippen LogP contribution is -2.48. The summed E-state index contributed by atoms with van der Waals surface area (Å²) < 4.78 is 24.3. The summed E-state index contributed by atoms with van der Waals surface area (Å²) in [4.78, 5) is 24.9. The molecular weight excluding hydrogens is 412 g/mol. The van der Waals surface area contributed by atoms with Crippen LogP contribution in [0, 0.1) is 12.3 Å². The highest BCUT2D eigenvalue weighted by Gasteiger charge is 2.56. The predicted octanol–water partition coefficient (Wildman–Crippen LogP) is 3.93. The molecule has 1 aliphatic heterocycles. The highest BCUT2D eigenvalue weighted by molar-refractivity contribution is 7.91. The number of sulfone groups is 1. The number of nitrogens with one attached hydrogen (secondary N) is 1. The number of hydrogen-bond acceptors (Lipinski definition) is 6. The van der Waals surface area contributed by atoms with Gasteiger partial charge in [0.15, 0.2) is 9.84 Å². The molecule has 31 heavy (non-hydrogen) atoms. The molecule has 7 nitrogen and oxygen atoms in total. The maximum absolute atomic E-state index is 13.3. The van der Waals surface area contributed by atoms with E-state index < -0.39 is 9.84 Å². The van der Waals surface area contributed by atoms with Crippen molar-refractivity contribution in [2.75, 3.05) is 16.0 Å². The zero-order chi connectivity index (χ0) is 21.8. The molecule has 0 bridgehead atoms. The van der Waals surface area contributed by atoms with Gasteiger partial charge in [-0.25, -0.2) is 13.4 Å². The van der Waals surface area contributed by atoms with Gasteiger partial charge in [-0.3, -0.25) is 9.69 Å². The van der Waals surface area contributed by atoms with Gasteiger partial charge in [0.05, 0.1) is 16.1 Å². The number of benzene rings is 1. The Kier molecular flexibility index (Phi) is 4.80. The Morgan fingerprint density at radius 2 is 1.97 bits per heavy atom. The second-order valence-corrected chi connectivity index (χ2v) is 11.4. The van der Waals surface area contributed by atoms with Gasteiger partial charge in [-0.15, -0.1) is 0 Å². The number of amides is 1. The quantitative estimate of drug-likeness (QED) is 0.757. The lowest BCUT2D eigenvalue weighted by molar-refractivity contribution is -0.124. The largest absolute Gasteiger partial charge is 0.324 e. The topological polar surface area (TPSA) is 92.3 Å². The zero-order valence-electron chi connectivity index (χ0n) is 18.0. The van der Waals surface area contributed by atoms with E-state index in [-0.39, 0.29) is 23.1 Å². The van der Waals surface area contributed by atoms with Gasteiger partial charge in [-0.2, -0.15) is 4.98 Å². The minimum absolute atomic E-state index is 0.0691. The molecule has 8 heteroatoms. The molecule has 2 aliphatic carbocycles. The van der Waals surface area contributed by atoms with Crippen LogP contribution in [0.15, 0.2) is 29.3 Å². The van der Waals surface area contributed by atoms with Crippen LogP contribution in [0.1, 0.15) is 56.6 Å². The van der Waals surface area contributed by atoms with Crippen LogP contribution in [-0.2, 0) is 21.1 Å². The molecule has 5 rings (SSSR count). The molecular formula is C23H28N4O3S. The first-order valence-electron chi connectivity index (χ1n) is 11.1. The lowest BCUT2D eigenvalue weighted by Gasteiger charge is -2.37. The maximum Gasteiger partial charge on any atom is 0.234 e. The third-order valence-electron chi connectivity index (χ3n) is 7.00. The number of aromatic nitrogens is 2. The third kappa shape index (κ3) is 3.50. The van der Waals surface area contributed by atoms with Crippen LogP contribution in [0.25, 0.3) is 0 Å². The fraction of sp³-hybridized carbons (Fsp3) is 0.522. The number of nitrogens with zero attached hydrogens (tertiary/aromatic N) is 3. The van der Waals surface area contributed by atoms with E-state index in [0.717, 1.165) is 67.6 Å². The van der Waals surface area contributed by atoms with E-state index in [0.29, 0.717) is 10.8 Å². The molecule has 0 atom stereocenters. The Bertz CT molecular complexity index is 1150. The second-order valence-electron chi connectivity index (χ2n) is 9.12. The zero-order valence-corrected chi connectivity index (χ0v) is 18.8. The Hall–Kier alpha value is -2.48. The summed E-state index contributed by atoms with van der Waals surface area (Å²) in [6.07, 6.45) is 8.86. The van der Waals surface area contributed by atoms with E-state index in [2.05, 4.69) is 10.3 Å². The monoisotopic (exact) mass is 440 g/mol. The van der Waals surface area contributed by atoms with Crippen LogP contribution in [0.3, 0.4) is 0 Å². The molecule has 164 valence electrons. The van der Waals surface area contributed by atoms with Gasteiger partial charge in [-0.05, 0) is 62.8 Å². The van der Waals surface area contributed by atoms with Crippen molar-refractivity contribution in [3.8, 4) is 0 Å². The van der Waals surface area contributed by atoms with E-state index in [9.17, 15) is 13.2 Å². The number of fused-ring (bicyclic) bond motifs is 1. The molecule has 2 saturated carbocycles. The van der Waals surface area contributed by atoms with Gasteiger partial charge in [0, 0.05) is 23.5 Å². The number of hydrogen-bond donors (Lipinski definition) is 1. The predicted molar refractivity (Wildman–Crippen MR) is 119 cm³/mol. The highest BCUT2D eigenvalue weighted by Crippen LogP contribution is 2.55. The van der Waals surface area contributed by atoms with Crippen molar-refractivity contribution in [1.29, 1.82) is 0 Å². The standard InChI is InChI=1S/C23H28N4O3S/c1-3-31(29,30)18-8-9-19(15(2)12-18)25-22-24-14-16-13-23(10-11-23)21(28)27(20(16)26-22)17-6-4-5-7-17/h8-9,12,14,17H,3-7,10-11,13H2,1-2H3,(H,24,25,26). The summed E-state index contributed by atoms with van der Waals surface area (Å²) in [5.74, 6) is 1.48. The lowest BCUT2D eigenvalue weighted by atomic mass is 9.90. The Morgan fingerprint density at radius 1 is 1.23 bits per heavy atom. The number of carbonyl (C=O) groups is 1. The number of anilines is 3. The van der Waals surface area contributed by atoms with Gasteiger partial charge >= 0.3 is 0 Å². The molecule has 2 fully saturated rings. The molecule has 0 radical (unpaired) electrons. The van der Waals surface area contributed by atoms with Crippen LogP contribution in [0.2, 0.25) is 0 Å². The van der Waals surface area contributed by atoms with E-state index >= 15 is 0 Å². The van der Waals surface area contributed by atoms with Crippen molar-refractivity contribution in [3.05, 3.63) is 35.5 Å². The second kappa shape index (κ2) is 7.29. The molecule has 1 aromatic carbocycles. The fourth-order valence-corrected chi connectivity index (χ4v) is 5.85. The molecule has 1 amide bonds. The van der Waals surface area contributed by atoms with Gasteiger partial charge in [0.25, 0.3) is 0 Å². The Labute approximate surface area is 183 Å². The summed E-state index contributed by atoms with van der Waals surface area (Å²) in [5.41, 5.74) is 2.39. The summed E-state index contributed by atoms with van der Waals surface area (Å²) in [6, 6.07) is 5.26. The molecule has 1 spiro atoms. The first-order valence-corrected chi connectivity index (χ1v) is 12.8. The molecule has 0 saturated heterocycles. The third-order valence-corrected chi connectivity index (χ3v) is 8.73. The van der Waals surface area contributed by atoms with E-state index in [4.69, 9.17) is 4.98 Å². The molecule has 1 aromatic heterocycles. The van der Waals surface area contributed by atoms with Crippen LogP contribution in [0.4, 0.5) is 17.5 Å². The number of carbonyl (C=O) groups excluding carboxylic acids is 1. The molecule has 2 heterocycles. The summed E-state index contributed by atoms with van der Waals surface area (Å²) in [6.45, 7) is 3.50. The van der Waals surface area contributed by atoms with Gasteiger partial charge < -0.3 is 5.32 Å². The van der Waals surface area contributed by atoms with Crippen molar-refractivity contribution in [1.82, 2.24) is 9.97 Å². The number of aryl methyl sites for hydroxylation is 1. The van der Waals surface area contributed by atoms with Crippen LogP contribution < -0.4 is 10.2 Å². The van der Waals surface area contributed by atoms with Gasteiger partial charge in [0.1, 0.15) is 5.82 Å². The van der Waals surface area contributed by atoms with Crippen molar-refractivity contribution >= 4 is 33.2 Å². The summed E-state index contributed by atoms with van der Waals surface area (Å²) >= 11 is 0. The Balaban J connectivity index is 1.47. The van der Waals surface area contributed by atoms with Crippen LogP contribution in [-0.4, -0.2) is 36.1 Å². The minimum Gasteiger partial charge on any atom is -0.324 e. The maximum atomic E-state index is 13.3. The van der Waals surface area contributed by atoms with E-state index in [1.807, 2.05) is 18.0 Å². The Morgan fingerprint density at radius 3 is 2.61 bits per heavy atom. The fourth-order valence-electron chi connectivity index (χ4n) is 4.88. The van der Waals surface area contributed by atoms with Crippen molar-refractivity contribution < 1.29 is 13.2 Å². The van der Waals surface area contributed by atoms with Crippen LogP contribution in [0.5, 0.6) is 0 Å². The van der Waals surface area contributed by atoms with Crippen LogP contribution >= 0.6 is 0 Å². The first kappa shape index (κ1) is 20.4.